The number of rotatable bonds is 3. The van der Waals surface area contributed by atoms with Gasteiger partial charge in [0.2, 0.25) is 0 Å². The van der Waals surface area contributed by atoms with E-state index in [4.69, 9.17) is 4.74 Å². The molecule has 1 aliphatic rings. The van der Waals surface area contributed by atoms with Crippen molar-refractivity contribution in [1.82, 2.24) is 4.98 Å². The normalized spacial score (nSPS) is 23.6. The van der Waals surface area contributed by atoms with Crippen molar-refractivity contribution in [2.45, 2.75) is 19.3 Å². The molecule has 0 saturated heterocycles. The Balaban J connectivity index is 1.98. The summed E-state index contributed by atoms with van der Waals surface area (Å²) in [6, 6.07) is 3.90. The van der Waals surface area contributed by atoms with E-state index in [-0.39, 0.29) is 17.8 Å². The van der Waals surface area contributed by atoms with Gasteiger partial charge in [-0.15, -0.1) is 0 Å². The molecule has 0 N–H and O–H groups in total. The standard InChI is InChI=1S/C11H12BrNO2/c1-2-15-11(14)9-5-8(9)10-4-3-7(12)6-13-10/h3-4,6,8-9H,2,5H2,1H3/t8-,9-/m0/s1. The summed E-state index contributed by atoms with van der Waals surface area (Å²) >= 11 is 3.33. The van der Waals surface area contributed by atoms with Gasteiger partial charge in [-0.1, -0.05) is 0 Å². The van der Waals surface area contributed by atoms with Crippen LogP contribution in [0.5, 0.6) is 0 Å². The summed E-state index contributed by atoms with van der Waals surface area (Å²) in [4.78, 5) is 15.7. The molecule has 4 heteroatoms. The Hall–Kier alpha value is -0.900. The molecule has 0 radical (unpaired) electrons. The maximum Gasteiger partial charge on any atom is 0.309 e. The molecule has 0 bridgehead atoms. The summed E-state index contributed by atoms with van der Waals surface area (Å²) in [7, 11) is 0. The number of esters is 1. The summed E-state index contributed by atoms with van der Waals surface area (Å²) in [6.45, 7) is 2.28. The van der Waals surface area contributed by atoms with Crippen molar-refractivity contribution in [3.8, 4) is 0 Å². The molecule has 1 aromatic heterocycles. The van der Waals surface area contributed by atoms with Crippen LogP contribution in [0.15, 0.2) is 22.8 Å². The first-order valence-electron chi connectivity index (χ1n) is 5.00. The Kier molecular flexibility index (Phi) is 3.05. The quantitative estimate of drug-likeness (QED) is 0.792. The van der Waals surface area contributed by atoms with Gasteiger partial charge >= 0.3 is 5.97 Å². The van der Waals surface area contributed by atoms with Gasteiger partial charge in [0.05, 0.1) is 12.5 Å². The second-order valence-electron chi connectivity index (χ2n) is 3.60. The molecule has 0 spiro atoms. The van der Waals surface area contributed by atoms with Crippen molar-refractivity contribution in [2.24, 2.45) is 5.92 Å². The summed E-state index contributed by atoms with van der Waals surface area (Å²) in [6.07, 6.45) is 2.63. The van der Waals surface area contributed by atoms with Crippen LogP contribution < -0.4 is 0 Å². The minimum absolute atomic E-state index is 0.0265. The predicted octanol–water partition coefficient (Wildman–Crippen LogP) is 2.51. The smallest absolute Gasteiger partial charge is 0.309 e. The van der Waals surface area contributed by atoms with Gasteiger partial charge < -0.3 is 4.74 Å². The van der Waals surface area contributed by atoms with E-state index < -0.39 is 0 Å². The third-order valence-corrected chi connectivity index (χ3v) is 2.98. The third-order valence-electron chi connectivity index (χ3n) is 2.51. The molecule has 1 aliphatic carbocycles. The highest BCUT2D eigenvalue weighted by molar-refractivity contribution is 9.10. The highest BCUT2D eigenvalue weighted by Crippen LogP contribution is 2.47. The average Bonchev–Trinajstić information content (AvgIpc) is 2.99. The zero-order valence-electron chi connectivity index (χ0n) is 8.44. The van der Waals surface area contributed by atoms with Crippen molar-refractivity contribution in [3.05, 3.63) is 28.5 Å². The lowest BCUT2D eigenvalue weighted by Crippen LogP contribution is -2.07. The largest absolute Gasteiger partial charge is 0.466 e. The van der Waals surface area contributed by atoms with Crippen LogP contribution in [0.3, 0.4) is 0 Å². The van der Waals surface area contributed by atoms with Crippen LogP contribution in [0.1, 0.15) is 25.0 Å². The predicted molar refractivity (Wildman–Crippen MR) is 59.4 cm³/mol. The molecule has 80 valence electrons. The highest BCUT2D eigenvalue weighted by Gasteiger charge is 2.45. The fraction of sp³-hybridized carbons (Fsp3) is 0.455. The molecule has 1 fully saturated rings. The minimum atomic E-state index is -0.0905. The van der Waals surface area contributed by atoms with Crippen molar-refractivity contribution >= 4 is 21.9 Å². The summed E-state index contributed by atoms with van der Waals surface area (Å²) in [5, 5.41) is 0. The number of nitrogens with zero attached hydrogens (tertiary/aromatic N) is 1. The monoisotopic (exact) mass is 269 g/mol. The van der Waals surface area contributed by atoms with Crippen molar-refractivity contribution in [2.75, 3.05) is 6.61 Å². The van der Waals surface area contributed by atoms with E-state index in [1.165, 1.54) is 0 Å². The first kappa shape index (κ1) is 10.6. The molecule has 0 unspecified atom stereocenters. The molecule has 0 aliphatic heterocycles. The summed E-state index contributed by atoms with van der Waals surface area (Å²) in [5.41, 5.74) is 0.983. The van der Waals surface area contributed by atoms with Crippen LogP contribution in [0.4, 0.5) is 0 Å². The van der Waals surface area contributed by atoms with Gasteiger partial charge in [0.15, 0.2) is 0 Å². The van der Waals surface area contributed by atoms with E-state index in [9.17, 15) is 4.79 Å². The number of halogens is 1. The molecule has 15 heavy (non-hydrogen) atoms. The summed E-state index contributed by atoms with van der Waals surface area (Å²) in [5.74, 6) is 0.197. The first-order chi connectivity index (χ1) is 7.22. The maximum absolute atomic E-state index is 11.4. The molecular weight excluding hydrogens is 258 g/mol. The molecular formula is C11H12BrNO2. The highest BCUT2D eigenvalue weighted by atomic mass is 79.9. The summed E-state index contributed by atoms with van der Waals surface area (Å²) < 4.78 is 5.92. The number of pyridine rings is 1. The molecule has 2 rings (SSSR count). The molecule has 1 aromatic rings. The molecule has 1 saturated carbocycles. The van der Waals surface area contributed by atoms with Crippen LogP contribution in [-0.2, 0) is 9.53 Å². The van der Waals surface area contributed by atoms with E-state index in [1.807, 2.05) is 19.1 Å². The second-order valence-corrected chi connectivity index (χ2v) is 4.52. The van der Waals surface area contributed by atoms with E-state index in [0.717, 1.165) is 16.6 Å². The lowest BCUT2D eigenvalue weighted by atomic mass is 10.2. The number of hydrogen-bond donors (Lipinski definition) is 0. The molecule has 1 heterocycles. The van der Waals surface area contributed by atoms with Gasteiger partial charge in [-0.25, -0.2) is 0 Å². The van der Waals surface area contributed by atoms with Crippen molar-refractivity contribution in [3.63, 3.8) is 0 Å². The fourth-order valence-corrected chi connectivity index (χ4v) is 1.87. The van der Waals surface area contributed by atoms with Gasteiger partial charge in [-0.2, -0.15) is 0 Å². The maximum atomic E-state index is 11.4. The van der Waals surface area contributed by atoms with Crippen LogP contribution in [0, 0.1) is 5.92 Å². The first-order valence-corrected chi connectivity index (χ1v) is 5.79. The lowest BCUT2D eigenvalue weighted by Gasteiger charge is -2.00. The van der Waals surface area contributed by atoms with Crippen molar-refractivity contribution in [1.29, 1.82) is 0 Å². The molecule has 0 aromatic carbocycles. The lowest BCUT2D eigenvalue weighted by molar-refractivity contribution is -0.144. The Bertz CT molecular complexity index is 363. The van der Waals surface area contributed by atoms with E-state index in [1.54, 1.807) is 6.20 Å². The van der Waals surface area contributed by atoms with Crippen molar-refractivity contribution < 1.29 is 9.53 Å². The molecule has 0 amide bonds. The van der Waals surface area contributed by atoms with Gasteiger partial charge in [-0.05, 0) is 41.4 Å². The Morgan fingerprint density at radius 1 is 1.67 bits per heavy atom. The Morgan fingerprint density at radius 3 is 3.07 bits per heavy atom. The van der Waals surface area contributed by atoms with Gasteiger partial charge in [0.25, 0.3) is 0 Å². The number of ether oxygens (including phenoxy) is 1. The molecule has 3 nitrogen and oxygen atoms in total. The topological polar surface area (TPSA) is 39.2 Å². The van der Waals surface area contributed by atoms with Gasteiger partial charge in [0.1, 0.15) is 0 Å². The van der Waals surface area contributed by atoms with Crippen LogP contribution in [0.25, 0.3) is 0 Å². The zero-order valence-corrected chi connectivity index (χ0v) is 10.0. The van der Waals surface area contributed by atoms with E-state index in [2.05, 4.69) is 20.9 Å². The van der Waals surface area contributed by atoms with E-state index in [0.29, 0.717) is 6.61 Å². The van der Waals surface area contributed by atoms with Crippen LogP contribution in [0.2, 0.25) is 0 Å². The Morgan fingerprint density at radius 2 is 2.47 bits per heavy atom. The minimum Gasteiger partial charge on any atom is -0.466 e. The van der Waals surface area contributed by atoms with Crippen LogP contribution >= 0.6 is 15.9 Å². The van der Waals surface area contributed by atoms with Gasteiger partial charge in [0, 0.05) is 22.3 Å². The van der Waals surface area contributed by atoms with Gasteiger partial charge in [-0.3, -0.25) is 9.78 Å². The zero-order chi connectivity index (χ0) is 10.8. The number of carbonyl (C=O) groups is 1. The Labute approximate surface area is 97.0 Å². The number of carbonyl (C=O) groups excluding carboxylic acids is 1. The average molecular weight is 270 g/mol. The van der Waals surface area contributed by atoms with E-state index >= 15 is 0 Å². The SMILES string of the molecule is CCOC(=O)[C@H]1C[C@@H]1c1ccc(Br)cn1. The fourth-order valence-electron chi connectivity index (χ4n) is 1.64. The number of aromatic nitrogens is 1. The molecule has 2 atom stereocenters. The second kappa shape index (κ2) is 4.31. The van der Waals surface area contributed by atoms with Crippen LogP contribution in [-0.4, -0.2) is 17.6 Å². The number of hydrogen-bond acceptors (Lipinski definition) is 3. The third kappa shape index (κ3) is 2.37.